The molecular weight excluding hydrogens is 392 g/mol. The molecule has 0 spiro atoms. The fourth-order valence-electron chi connectivity index (χ4n) is 3.15. The van der Waals surface area contributed by atoms with Gasteiger partial charge in [0, 0.05) is 38.4 Å². The first-order valence-corrected chi connectivity index (χ1v) is 11.2. The molecule has 170 valence electrons. The van der Waals surface area contributed by atoms with Crippen LogP contribution in [0.1, 0.15) is 39.2 Å². The number of aliphatic imine (C=N–C) groups is 1. The van der Waals surface area contributed by atoms with E-state index in [9.17, 15) is 4.79 Å². The third-order valence-electron chi connectivity index (χ3n) is 4.63. The molecule has 0 fully saturated rings. The highest BCUT2D eigenvalue weighted by Gasteiger charge is 2.06. The highest BCUT2D eigenvalue weighted by molar-refractivity contribution is 5.79. The standard InChI is InChI=1S/C24H36N4O3/c1-4-25-24(26-15-8-10-18-28-17-9-7-11-23(28)29)27-16-14-20-12-13-21(30-5-2)22(19-20)31-6-3/h7,9,11-13,17,19H,4-6,8,10,14-16,18H2,1-3H3,(H2,25,26,27). The minimum atomic E-state index is 0.0443. The first-order valence-electron chi connectivity index (χ1n) is 11.2. The highest BCUT2D eigenvalue weighted by Crippen LogP contribution is 2.28. The molecule has 0 atom stereocenters. The van der Waals surface area contributed by atoms with E-state index in [2.05, 4.69) is 28.6 Å². The van der Waals surface area contributed by atoms with Gasteiger partial charge >= 0.3 is 0 Å². The third-order valence-corrected chi connectivity index (χ3v) is 4.63. The molecule has 0 unspecified atom stereocenters. The SMILES string of the molecule is CCNC(=NCCCCn1ccccc1=O)NCCc1ccc(OCC)c(OCC)c1. The van der Waals surface area contributed by atoms with Crippen molar-refractivity contribution < 1.29 is 9.47 Å². The van der Waals surface area contributed by atoms with Gasteiger partial charge in [0.05, 0.1) is 13.2 Å². The van der Waals surface area contributed by atoms with E-state index in [0.29, 0.717) is 19.8 Å². The van der Waals surface area contributed by atoms with Crippen LogP contribution in [0.2, 0.25) is 0 Å². The number of hydrogen-bond acceptors (Lipinski definition) is 4. The molecule has 0 aliphatic rings. The van der Waals surface area contributed by atoms with E-state index in [1.54, 1.807) is 16.7 Å². The molecule has 0 bridgehead atoms. The summed E-state index contributed by atoms with van der Waals surface area (Å²) in [6, 6.07) is 11.3. The number of nitrogens with zero attached hydrogens (tertiary/aromatic N) is 2. The molecule has 1 aromatic carbocycles. The maximum absolute atomic E-state index is 11.7. The van der Waals surface area contributed by atoms with Gasteiger partial charge in [-0.05, 0) is 63.8 Å². The van der Waals surface area contributed by atoms with Crippen molar-refractivity contribution in [3.8, 4) is 11.5 Å². The Kier molecular flexibility index (Phi) is 11.1. The summed E-state index contributed by atoms with van der Waals surface area (Å²) >= 11 is 0. The summed E-state index contributed by atoms with van der Waals surface area (Å²) in [5.41, 5.74) is 1.23. The average Bonchev–Trinajstić information content (AvgIpc) is 2.76. The number of pyridine rings is 1. The van der Waals surface area contributed by atoms with Crippen LogP contribution < -0.4 is 25.7 Å². The van der Waals surface area contributed by atoms with Gasteiger partial charge in [-0.25, -0.2) is 0 Å². The zero-order valence-corrected chi connectivity index (χ0v) is 19.0. The lowest BCUT2D eigenvalue weighted by Gasteiger charge is -2.14. The Morgan fingerprint density at radius 3 is 2.55 bits per heavy atom. The molecule has 1 aromatic heterocycles. The van der Waals surface area contributed by atoms with Crippen LogP contribution in [0.3, 0.4) is 0 Å². The van der Waals surface area contributed by atoms with Gasteiger partial charge in [0.25, 0.3) is 0 Å². The van der Waals surface area contributed by atoms with Crippen LogP contribution in [-0.4, -0.2) is 43.4 Å². The van der Waals surface area contributed by atoms with Crippen LogP contribution >= 0.6 is 0 Å². The molecule has 31 heavy (non-hydrogen) atoms. The van der Waals surface area contributed by atoms with Gasteiger partial charge in [-0.15, -0.1) is 0 Å². The minimum absolute atomic E-state index is 0.0443. The molecule has 0 radical (unpaired) electrons. The van der Waals surface area contributed by atoms with Gasteiger partial charge in [0.2, 0.25) is 5.56 Å². The lowest BCUT2D eigenvalue weighted by Crippen LogP contribution is -2.38. The Morgan fingerprint density at radius 2 is 1.81 bits per heavy atom. The molecule has 2 aromatic rings. The van der Waals surface area contributed by atoms with E-state index >= 15 is 0 Å². The second kappa shape index (κ2) is 14.1. The van der Waals surface area contributed by atoms with Crippen molar-refractivity contribution in [2.24, 2.45) is 4.99 Å². The van der Waals surface area contributed by atoms with Gasteiger partial charge in [-0.3, -0.25) is 9.79 Å². The van der Waals surface area contributed by atoms with Gasteiger partial charge < -0.3 is 24.7 Å². The average molecular weight is 429 g/mol. The van der Waals surface area contributed by atoms with E-state index in [1.807, 2.05) is 38.2 Å². The monoisotopic (exact) mass is 428 g/mol. The Hall–Kier alpha value is -2.96. The fourth-order valence-corrected chi connectivity index (χ4v) is 3.15. The first-order chi connectivity index (χ1) is 15.2. The van der Waals surface area contributed by atoms with Crippen LogP contribution in [0, 0.1) is 0 Å². The second-order valence-electron chi connectivity index (χ2n) is 7.02. The van der Waals surface area contributed by atoms with Crippen LogP contribution in [0.4, 0.5) is 0 Å². The largest absolute Gasteiger partial charge is 0.490 e. The molecule has 0 saturated heterocycles. The van der Waals surface area contributed by atoms with Crippen molar-refractivity contribution >= 4 is 5.96 Å². The minimum Gasteiger partial charge on any atom is -0.490 e. The Morgan fingerprint density at radius 1 is 1.00 bits per heavy atom. The summed E-state index contributed by atoms with van der Waals surface area (Å²) in [6.45, 7) is 10.2. The normalized spacial score (nSPS) is 11.3. The second-order valence-corrected chi connectivity index (χ2v) is 7.02. The first kappa shape index (κ1) is 24.3. The number of aryl methyl sites for hydroxylation is 1. The van der Waals surface area contributed by atoms with Gasteiger partial charge in [0.15, 0.2) is 17.5 Å². The summed E-state index contributed by atoms with van der Waals surface area (Å²) in [5.74, 6) is 2.39. The third kappa shape index (κ3) is 8.74. The van der Waals surface area contributed by atoms with Gasteiger partial charge in [-0.2, -0.15) is 0 Å². The predicted octanol–water partition coefficient (Wildman–Crippen LogP) is 3.22. The summed E-state index contributed by atoms with van der Waals surface area (Å²) < 4.78 is 13.1. The zero-order valence-electron chi connectivity index (χ0n) is 19.0. The number of ether oxygens (including phenoxy) is 2. The van der Waals surface area contributed by atoms with E-state index in [4.69, 9.17) is 9.47 Å². The predicted molar refractivity (Wildman–Crippen MR) is 126 cm³/mol. The number of aromatic nitrogens is 1. The molecule has 7 nitrogen and oxygen atoms in total. The molecule has 0 saturated carbocycles. The molecule has 2 N–H and O–H groups in total. The number of unbranched alkanes of at least 4 members (excludes halogenated alkanes) is 1. The number of guanidine groups is 1. The number of rotatable bonds is 13. The van der Waals surface area contributed by atoms with E-state index < -0.39 is 0 Å². The van der Waals surface area contributed by atoms with Crippen LogP contribution in [0.25, 0.3) is 0 Å². The molecule has 2 rings (SSSR count). The van der Waals surface area contributed by atoms with Crippen molar-refractivity contribution in [3.63, 3.8) is 0 Å². The fraction of sp³-hybridized carbons (Fsp3) is 0.500. The molecule has 0 aliphatic heterocycles. The number of hydrogen-bond donors (Lipinski definition) is 2. The molecule has 0 aliphatic carbocycles. The smallest absolute Gasteiger partial charge is 0.250 e. The molecule has 7 heteroatoms. The van der Waals surface area contributed by atoms with Crippen molar-refractivity contribution in [3.05, 3.63) is 58.5 Å². The quantitative estimate of drug-likeness (QED) is 0.291. The maximum Gasteiger partial charge on any atom is 0.250 e. The van der Waals surface area contributed by atoms with Crippen LogP contribution in [0.15, 0.2) is 52.4 Å². The zero-order chi connectivity index (χ0) is 22.3. The van der Waals surface area contributed by atoms with Crippen molar-refractivity contribution in [2.75, 3.05) is 32.8 Å². The van der Waals surface area contributed by atoms with E-state index in [-0.39, 0.29) is 5.56 Å². The van der Waals surface area contributed by atoms with Crippen molar-refractivity contribution in [1.82, 2.24) is 15.2 Å². The topological polar surface area (TPSA) is 76.9 Å². The van der Waals surface area contributed by atoms with Gasteiger partial charge in [0.1, 0.15) is 0 Å². The number of benzene rings is 1. The molecule has 0 amide bonds. The summed E-state index contributed by atoms with van der Waals surface area (Å²) in [4.78, 5) is 16.4. The lowest BCUT2D eigenvalue weighted by atomic mass is 10.1. The summed E-state index contributed by atoms with van der Waals surface area (Å²) in [6.07, 6.45) is 4.52. The van der Waals surface area contributed by atoms with Crippen molar-refractivity contribution in [1.29, 1.82) is 0 Å². The van der Waals surface area contributed by atoms with E-state index in [1.165, 1.54) is 5.56 Å². The van der Waals surface area contributed by atoms with E-state index in [0.717, 1.165) is 56.4 Å². The highest BCUT2D eigenvalue weighted by atomic mass is 16.5. The van der Waals surface area contributed by atoms with Crippen LogP contribution in [0.5, 0.6) is 11.5 Å². The maximum atomic E-state index is 11.7. The number of nitrogens with one attached hydrogen (secondary N) is 2. The molecular formula is C24H36N4O3. The Balaban J connectivity index is 1.80. The Labute approximate surface area is 185 Å². The summed E-state index contributed by atoms with van der Waals surface area (Å²) in [5, 5.41) is 6.67. The molecule has 1 heterocycles. The van der Waals surface area contributed by atoms with Gasteiger partial charge in [-0.1, -0.05) is 12.1 Å². The Bertz CT molecular complexity index is 864. The summed E-state index contributed by atoms with van der Waals surface area (Å²) in [7, 11) is 0. The lowest BCUT2D eigenvalue weighted by molar-refractivity contribution is 0.287. The van der Waals surface area contributed by atoms with Crippen LogP contribution in [-0.2, 0) is 13.0 Å². The van der Waals surface area contributed by atoms with Crippen molar-refractivity contribution in [2.45, 2.75) is 46.6 Å².